The molecule has 0 aliphatic carbocycles. The van der Waals surface area contributed by atoms with Crippen molar-refractivity contribution in [1.82, 2.24) is 5.32 Å². The first kappa shape index (κ1) is 15.6. The molecule has 2 aromatic carbocycles. The van der Waals surface area contributed by atoms with Gasteiger partial charge in [0.15, 0.2) is 0 Å². The summed E-state index contributed by atoms with van der Waals surface area (Å²) in [6, 6.07) is 13.2. The van der Waals surface area contributed by atoms with E-state index in [1.54, 1.807) is 0 Å². The van der Waals surface area contributed by atoms with Gasteiger partial charge in [-0.15, -0.1) is 0 Å². The summed E-state index contributed by atoms with van der Waals surface area (Å²) < 4.78 is 5.46. The summed E-state index contributed by atoms with van der Waals surface area (Å²) in [6.07, 6.45) is 1.09. The molecule has 0 saturated carbocycles. The largest absolute Gasteiger partial charge is 0.493 e. The summed E-state index contributed by atoms with van der Waals surface area (Å²) >= 11 is 0. The molecular weight excluding hydrogens is 290 g/mol. The zero-order valence-electron chi connectivity index (χ0n) is 13.2. The molecule has 120 valence electrons. The lowest BCUT2D eigenvalue weighted by molar-refractivity contribution is 0.0916. The van der Waals surface area contributed by atoms with Gasteiger partial charge in [0, 0.05) is 18.5 Å². The van der Waals surface area contributed by atoms with Crippen LogP contribution in [0.5, 0.6) is 5.75 Å². The van der Waals surface area contributed by atoms with Crippen LogP contribution < -0.4 is 10.1 Å². The Balaban J connectivity index is 1.59. The molecule has 0 bridgehead atoms. The van der Waals surface area contributed by atoms with Crippen molar-refractivity contribution in [2.75, 3.05) is 13.2 Å². The van der Waals surface area contributed by atoms with Crippen molar-refractivity contribution in [3.05, 3.63) is 64.7 Å². The molecule has 23 heavy (non-hydrogen) atoms. The second kappa shape index (κ2) is 6.84. The standard InChI is InChI=1S/C19H21NO3/c1-2-13-3-5-14(6-4-13)19(22)20-12-17(21)15-7-8-18-16(11-15)9-10-23-18/h3-8,11,17,21H,2,9-10,12H2,1H3,(H,20,22). The Morgan fingerprint density at radius 2 is 2.04 bits per heavy atom. The number of aliphatic hydroxyl groups is 1. The smallest absolute Gasteiger partial charge is 0.251 e. The van der Waals surface area contributed by atoms with Gasteiger partial charge in [0.25, 0.3) is 5.91 Å². The fourth-order valence-electron chi connectivity index (χ4n) is 2.71. The second-order valence-corrected chi connectivity index (χ2v) is 5.74. The van der Waals surface area contributed by atoms with Gasteiger partial charge >= 0.3 is 0 Å². The summed E-state index contributed by atoms with van der Waals surface area (Å²) in [5.41, 5.74) is 3.72. The molecular formula is C19H21NO3. The van der Waals surface area contributed by atoms with Crippen LogP contribution in [0.15, 0.2) is 42.5 Å². The first-order chi connectivity index (χ1) is 11.2. The van der Waals surface area contributed by atoms with Gasteiger partial charge in [-0.25, -0.2) is 0 Å². The van der Waals surface area contributed by atoms with Gasteiger partial charge in [-0.2, -0.15) is 0 Å². The monoisotopic (exact) mass is 311 g/mol. The molecule has 0 radical (unpaired) electrons. The predicted octanol–water partition coefficient (Wildman–Crippen LogP) is 2.65. The van der Waals surface area contributed by atoms with E-state index in [-0.39, 0.29) is 12.5 Å². The summed E-state index contributed by atoms with van der Waals surface area (Å²) in [7, 11) is 0. The summed E-state index contributed by atoms with van der Waals surface area (Å²) in [5.74, 6) is 0.720. The molecule has 1 heterocycles. The van der Waals surface area contributed by atoms with Gasteiger partial charge in [-0.05, 0) is 47.4 Å². The quantitative estimate of drug-likeness (QED) is 0.892. The maximum atomic E-state index is 12.1. The highest BCUT2D eigenvalue weighted by Gasteiger charge is 2.16. The summed E-state index contributed by atoms with van der Waals surface area (Å²) in [5, 5.41) is 13.1. The van der Waals surface area contributed by atoms with Crippen LogP contribution in [0.1, 0.15) is 40.1 Å². The lowest BCUT2D eigenvalue weighted by atomic mass is 10.0. The van der Waals surface area contributed by atoms with E-state index < -0.39 is 6.10 Å². The van der Waals surface area contributed by atoms with E-state index in [1.165, 1.54) is 5.56 Å². The van der Waals surface area contributed by atoms with E-state index in [0.29, 0.717) is 12.2 Å². The second-order valence-electron chi connectivity index (χ2n) is 5.74. The van der Waals surface area contributed by atoms with E-state index >= 15 is 0 Å². The third-order valence-corrected chi connectivity index (χ3v) is 4.18. The lowest BCUT2D eigenvalue weighted by Gasteiger charge is -2.13. The molecule has 0 saturated heterocycles. The van der Waals surface area contributed by atoms with E-state index in [4.69, 9.17) is 4.74 Å². The fraction of sp³-hybridized carbons (Fsp3) is 0.316. The van der Waals surface area contributed by atoms with Crippen LogP contribution in [0.2, 0.25) is 0 Å². The normalized spacial score (nSPS) is 14.0. The van der Waals surface area contributed by atoms with E-state index in [9.17, 15) is 9.90 Å². The van der Waals surface area contributed by atoms with Gasteiger partial charge in [0.05, 0.1) is 12.7 Å². The van der Waals surface area contributed by atoms with Crippen molar-refractivity contribution in [2.45, 2.75) is 25.9 Å². The fourth-order valence-corrected chi connectivity index (χ4v) is 2.71. The van der Waals surface area contributed by atoms with Crippen molar-refractivity contribution in [1.29, 1.82) is 0 Å². The number of ether oxygens (including phenoxy) is 1. The maximum absolute atomic E-state index is 12.1. The number of amides is 1. The van der Waals surface area contributed by atoms with Crippen molar-refractivity contribution < 1.29 is 14.6 Å². The molecule has 1 aliphatic rings. The minimum absolute atomic E-state index is 0.170. The summed E-state index contributed by atoms with van der Waals surface area (Å²) in [6.45, 7) is 2.96. The van der Waals surface area contributed by atoms with Crippen LogP contribution in [0.4, 0.5) is 0 Å². The minimum atomic E-state index is -0.722. The van der Waals surface area contributed by atoms with Crippen molar-refractivity contribution in [2.24, 2.45) is 0 Å². The van der Waals surface area contributed by atoms with Crippen LogP contribution in [0.3, 0.4) is 0 Å². The van der Waals surface area contributed by atoms with Gasteiger partial charge in [-0.3, -0.25) is 4.79 Å². The van der Waals surface area contributed by atoms with Crippen molar-refractivity contribution in [3.63, 3.8) is 0 Å². The number of hydrogen-bond donors (Lipinski definition) is 2. The van der Waals surface area contributed by atoms with Gasteiger partial charge in [-0.1, -0.05) is 25.1 Å². The predicted molar refractivity (Wildman–Crippen MR) is 88.8 cm³/mol. The zero-order valence-corrected chi connectivity index (χ0v) is 13.2. The molecule has 0 fully saturated rings. The highest BCUT2D eigenvalue weighted by Crippen LogP contribution is 2.28. The number of hydrogen-bond acceptors (Lipinski definition) is 3. The van der Waals surface area contributed by atoms with Crippen molar-refractivity contribution >= 4 is 5.91 Å². The molecule has 1 unspecified atom stereocenters. The van der Waals surface area contributed by atoms with Crippen LogP contribution >= 0.6 is 0 Å². The molecule has 3 rings (SSSR count). The highest BCUT2D eigenvalue weighted by molar-refractivity contribution is 5.94. The zero-order chi connectivity index (χ0) is 16.2. The number of nitrogens with one attached hydrogen (secondary N) is 1. The van der Waals surface area contributed by atoms with E-state index in [2.05, 4.69) is 12.2 Å². The third kappa shape index (κ3) is 3.54. The number of rotatable bonds is 5. The Hall–Kier alpha value is -2.33. The number of aryl methyl sites for hydroxylation is 1. The molecule has 1 atom stereocenters. The lowest BCUT2D eigenvalue weighted by Crippen LogP contribution is -2.28. The highest BCUT2D eigenvalue weighted by atomic mass is 16.5. The summed E-state index contributed by atoms with van der Waals surface area (Å²) in [4.78, 5) is 12.1. The minimum Gasteiger partial charge on any atom is -0.493 e. The third-order valence-electron chi connectivity index (χ3n) is 4.18. The molecule has 2 N–H and O–H groups in total. The van der Waals surface area contributed by atoms with Gasteiger partial charge < -0.3 is 15.2 Å². The van der Waals surface area contributed by atoms with Gasteiger partial charge in [0.2, 0.25) is 0 Å². The number of aliphatic hydroxyl groups excluding tert-OH is 1. The van der Waals surface area contributed by atoms with Crippen LogP contribution in [-0.2, 0) is 12.8 Å². The average molecular weight is 311 g/mol. The topological polar surface area (TPSA) is 58.6 Å². The van der Waals surface area contributed by atoms with E-state index in [0.717, 1.165) is 29.7 Å². The number of benzene rings is 2. The first-order valence-corrected chi connectivity index (χ1v) is 7.98. The molecule has 1 aliphatic heterocycles. The van der Waals surface area contributed by atoms with Gasteiger partial charge in [0.1, 0.15) is 5.75 Å². The van der Waals surface area contributed by atoms with Crippen LogP contribution in [-0.4, -0.2) is 24.2 Å². The maximum Gasteiger partial charge on any atom is 0.251 e. The Morgan fingerprint density at radius 1 is 1.26 bits per heavy atom. The molecule has 1 amide bonds. The Labute approximate surface area is 136 Å². The molecule has 0 aromatic heterocycles. The number of carbonyl (C=O) groups is 1. The molecule has 0 spiro atoms. The van der Waals surface area contributed by atoms with E-state index in [1.807, 2.05) is 42.5 Å². The molecule has 4 nitrogen and oxygen atoms in total. The molecule has 2 aromatic rings. The van der Waals surface area contributed by atoms with Crippen LogP contribution in [0.25, 0.3) is 0 Å². The molecule has 4 heteroatoms. The number of carbonyl (C=O) groups excluding carboxylic acids is 1. The SMILES string of the molecule is CCc1ccc(C(=O)NCC(O)c2ccc3c(c2)CCO3)cc1. The Bertz CT molecular complexity index is 694. The number of fused-ring (bicyclic) bond motifs is 1. The average Bonchev–Trinajstić information content (AvgIpc) is 3.07. The van der Waals surface area contributed by atoms with Crippen molar-refractivity contribution in [3.8, 4) is 5.75 Å². The van der Waals surface area contributed by atoms with Crippen LogP contribution in [0, 0.1) is 0 Å². The Morgan fingerprint density at radius 3 is 2.78 bits per heavy atom. The first-order valence-electron chi connectivity index (χ1n) is 7.98. The Kier molecular flexibility index (Phi) is 4.63.